The van der Waals surface area contributed by atoms with Crippen LogP contribution >= 0.6 is 24.0 Å². The summed E-state index contributed by atoms with van der Waals surface area (Å²) in [5.74, 6) is 1.81. The second kappa shape index (κ2) is 15.3. The van der Waals surface area contributed by atoms with Crippen molar-refractivity contribution in [1.29, 1.82) is 0 Å². The van der Waals surface area contributed by atoms with Crippen molar-refractivity contribution in [3.05, 3.63) is 59.5 Å². The molecule has 1 aliphatic rings. The van der Waals surface area contributed by atoms with Crippen molar-refractivity contribution in [2.45, 2.75) is 45.5 Å². The lowest BCUT2D eigenvalue weighted by atomic mass is 10.1. The number of furan rings is 1. The van der Waals surface area contributed by atoms with Crippen molar-refractivity contribution in [3.63, 3.8) is 0 Å². The number of ether oxygens (including phenoxy) is 2. The molecule has 178 valence electrons. The van der Waals surface area contributed by atoms with E-state index in [0.717, 1.165) is 70.6 Å². The van der Waals surface area contributed by atoms with Crippen molar-refractivity contribution < 1.29 is 13.9 Å². The van der Waals surface area contributed by atoms with Crippen LogP contribution in [0.1, 0.15) is 36.7 Å². The van der Waals surface area contributed by atoms with Crippen LogP contribution in [0.4, 0.5) is 0 Å². The maximum Gasteiger partial charge on any atom is 0.191 e. The van der Waals surface area contributed by atoms with Crippen molar-refractivity contribution >= 4 is 29.9 Å². The summed E-state index contributed by atoms with van der Waals surface area (Å²) in [5.41, 5.74) is 2.51. The third kappa shape index (κ3) is 9.48. The molecule has 8 heteroatoms. The van der Waals surface area contributed by atoms with Crippen molar-refractivity contribution in [2.75, 3.05) is 40.0 Å². The van der Waals surface area contributed by atoms with Gasteiger partial charge in [0.1, 0.15) is 5.76 Å². The molecule has 0 bridgehead atoms. The van der Waals surface area contributed by atoms with E-state index in [4.69, 9.17) is 18.9 Å². The molecular weight excluding hydrogens is 519 g/mol. The number of nitrogens with zero attached hydrogens (tertiary/aromatic N) is 2. The van der Waals surface area contributed by atoms with Crippen LogP contribution in [0, 0.1) is 0 Å². The Morgan fingerprint density at radius 1 is 1.16 bits per heavy atom. The second-order valence-electron chi connectivity index (χ2n) is 7.85. The van der Waals surface area contributed by atoms with Crippen LogP contribution in [-0.2, 0) is 29.1 Å². The predicted octanol–water partition coefficient (Wildman–Crippen LogP) is 3.78. The van der Waals surface area contributed by atoms with E-state index >= 15 is 0 Å². The smallest absolute Gasteiger partial charge is 0.191 e. The van der Waals surface area contributed by atoms with Crippen LogP contribution < -0.4 is 10.6 Å². The quantitative estimate of drug-likeness (QED) is 0.180. The van der Waals surface area contributed by atoms with Crippen LogP contribution in [0.2, 0.25) is 0 Å². The first kappa shape index (κ1) is 26.6. The standard InChI is InChI=1S/C24H36N4O3.HI/c1-3-25-24(26-12-7-14-31-23-11-15-29-19-23)27-16-20-8-4-5-9-21(20)17-28(2)18-22-10-6-13-30-22;/h4-6,8-10,13,23H,3,7,11-12,14-19H2,1-2H3,(H2,25,26,27);1H. The summed E-state index contributed by atoms with van der Waals surface area (Å²) in [7, 11) is 2.11. The minimum atomic E-state index is 0. The van der Waals surface area contributed by atoms with Gasteiger partial charge in [0.15, 0.2) is 5.96 Å². The molecule has 32 heavy (non-hydrogen) atoms. The van der Waals surface area contributed by atoms with E-state index in [0.29, 0.717) is 6.54 Å². The molecule has 0 spiro atoms. The lowest BCUT2D eigenvalue weighted by molar-refractivity contribution is 0.0420. The highest BCUT2D eigenvalue weighted by atomic mass is 127. The van der Waals surface area contributed by atoms with Gasteiger partial charge in [-0.15, -0.1) is 24.0 Å². The van der Waals surface area contributed by atoms with Crippen LogP contribution in [0.15, 0.2) is 52.1 Å². The summed E-state index contributed by atoms with van der Waals surface area (Å²) in [6.07, 6.45) is 3.93. The van der Waals surface area contributed by atoms with E-state index in [2.05, 4.69) is 53.8 Å². The summed E-state index contributed by atoms with van der Waals surface area (Å²) in [4.78, 5) is 7.05. The third-order valence-electron chi connectivity index (χ3n) is 5.17. The first-order valence-corrected chi connectivity index (χ1v) is 11.2. The number of halogens is 1. The molecule has 1 saturated heterocycles. The molecule has 1 aromatic carbocycles. The topological polar surface area (TPSA) is 71.3 Å². The Morgan fingerprint density at radius 3 is 2.72 bits per heavy atom. The fourth-order valence-corrected chi connectivity index (χ4v) is 3.56. The average Bonchev–Trinajstić information content (AvgIpc) is 3.47. The van der Waals surface area contributed by atoms with Gasteiger partial charge < -0.3 is 24.5 Å². The highest BCUT2D eigenvalue weighted by Crippen LogP contribution is 2.14. The van der Waals surface area contributed by atoms with Gasteiger partial charge >= 0.3 is 0 Å². The van der Waals surface area contributed by atoms with E-state index in [-0.39, 0.29) is 30.1 Å². The molecule has 3 rings (SSSR count). The zero-order valence-electron chi connectivity index (χ0n) is 19.2. The van der Waals surface area contributed by atoms with Crippen molar-refractivity contribution in [1.82, 2.24) is 15.5 Å². The second-order valence-corrected chi connectivity index (χ2v) is 7.85. The fourth-order valence-electron chi connectivity index (χ4n) is 3.56. The maximum absolute atomic E-state index is 5.83. The number of rotatable bonds is 12. The molecule has 0 aliphatic carbocycles. The number of hydrogen-bond acceptors (Lipinski definition) is 5. The minimum Gasteiger partial charge on any atom is -0.468 e. The Kier molecular flexibility index (Phi) is 12.7. The van der Waals surface area contributed by atoms with Crippen LogP contribution in [0.3, 0.4) is 0 Å². The Balaban J connectivity index is 0.00000363. The van der Waals surface area contributed by atoms with Gasteiger partial charge in [0, 0.05) is 32.8 Å². The molecule has 1 fully saturated rings. The molecule has 2 heterocycles. The largest absolute Gasteiger partial charge is 0.468 e. The number of nitrogens with one attached hydrogen (secondary N) is 2. The van der Waals surface area contributed by atoms with E-state index in [1.807, 2.05) is 12.1 Å². The summed E-state index contributed by atoms with van der Waals surface area (Å²) in [6, 6.07) is 12.4. The normalized spacial score (nSPS) is 16.2. The number of guanidine groups is 1. The molecule has 1 aromatic heterocycles. The Hall–Kier alpha value is -1.62. The Bertz CT molecular complexity index is 779. The van der Waals surface area contributed by atoms with Gasteiger partial charge in [-0.05, 0) is 50.1 Å². The molecule has 7 nitrogen and oxygen atoms in total. The van der Waals surface area contributed by atoms with Gasteiger partial charge in [0.2, 0.25) is 0 Å². The monoisotopic (exact) mass is 556 g/mol. The number of aliphatic imine (C=N–C) groups is 1. The molecule has 0 saturated carbocycles. The molecule has 0 amide bonds. The Labute approximate surface area is 209 Å². The fraction of sp³-hybridized carbons (Fsp3) is 0.542. The molecule has 1 atom stereocenters. The lowest BCUT2D eigenvalue weighted by Gasteiger charge is -2.18. The lowest BCUT2D eigenvalue weighted by Crippen LogP contribution is -2.38. The number of hydrogen-bond donors (Lipinski definition) is 2. The molecule has 1 aliphatic heterocycles. The van der Waals surface area contributed by atoms with Gasteiger partial charge in [-0.1, -0.05) is 24.3 Å². The summed E-state index contributed by atoms with van der Waals surface area (Å²) < 4.78 is 16.6. The zero-order chi connectivity index (χ0) is 21.7. The van der Waals surface area contributed by atoms with Crippen LogP contribution in [0.25, 0.3) is 0 Å². The van der Waals surface area contributed by atoms with E-state index < -0.39 is 0 Å². The highest BCUT2D eigenvalue weighted by Gasteiger charge is 2.15. The molecule has 2 aromatic rings. The first-order valence-electron chi connectivity index (χ1n) is 11.2. The van der Waals surface area contributed by atoms with Gasteiger partial charge in [0.05, 0.1) is 32.1 Å². The Morgan fingerprint density at radius 2 is 2.00 bits per heavy atom. The first-order chi connectivity index (χ1) is 15.2. The van der Waals surface area contributed by atoms with Gasteiger partial charge in [-0.2, -0.15) is 0 Å². The molecule has 2 N–H and O–H groups in total. The average molecular weight is 556 g/mol. The minimum absolute atomic E-state index is 0. The third-order valence-corrected chi connectivity index (χ3v) is 5.17. The molecular formula is C24H37IN4O3. The van der Waals surface area contributed by atoms with Crippen molar-refractivity contribution in [3.8, 4) is 0 Å². The summed E-state index contributed by atoms with van der Waals surface area (Å²) in [5, 5.41) is 6.74. The molecule has 0 radical (unpaired) electrons. The van der Waals surface area contributed by atoms with Crippen LogP contribution in [0.5, 0.6) is 0 Å². The summed E-state index contributed by atoms with van der Waals surface area (Å²) >= 11 is 0. The van der Waals surface area contributed by atoms with Gasteiger partial charge in [-0.3, -0.25) is 4.90 Å². The van der Waals surface area contributed by atoms with Crippen molar-refractivity contribution in [2.24, 2.45) is 4.99 Å². The highest BCUT2D eigenvalue weighted by molar-refractivity contribution is 14.0. The number of benzene rings is 1. The predicted molar refractivity (Wildman–Crippen MR) is 138 cm³/mol. The van der Waals surface area contributed by atoms with E-state index in [1.54, 1.807) is 6.26 Å². The van der Waals surface area contributed by atoms with Gasteiger partial charge in [0.25, 0.3) is 0 Å². The van der Waals surface area contributed by atoms with E-state index in [1.165, 1.54) is 11.1 Å². The summed E-state index contributed by atoms with van der Waals surface area (Å²) in [6.45, 7) is 8.29. The molecule has 1 unspecified atom stereocenters. The van der Waals surface area contributed by atoms with E-state index in [9.17, 15) is 0 Å². The SMILES string of the molecule is CCNC(=NCc1ccccc1CN(C)Cc1ccco1)NCCCOC1CCOC1.I. The van der Waals surface area contributed by atoms with Crippen LogP contribution in [-0.4, -0.2) is 56.9 Å². The maximum atomic E-state index is 5.83. The van der Waals surface area contributed by atoms with Gasteiger partial charge in [-0.25, -0.2) is 4.99 Å². The zero-order valence-corrected chi connectivity index (χ0v) is 21.5.